The van der Waals surface area contributed by atoms with Crippen LogP contribution in [0.25, 0.3) is 0 Å². The van der Waals surface area contributed by atoms with Crippen molar-refractivity contribution in [1.29, 1.82) is 0 Å². The van der Waals surface area contributed by atoms with E-state index in [1.807, 2.05) is 6.92 Å². The lowest BCUT2D eigenvalue weighted by Crippen LogP contribution is -2.12. The Balaban J connectivity index is 3.49. The summed E-state index contributed by atoms with van der Waals surface area (Å²) in [6, 6.07) is 0. The van der Waals surface area contributed by atoms with Crippen molar-refractivity contribution in [3.05, 3.63) is 12.7 Å². The lowest BCUT2D eigenvalue weighted by Gasteiger charge is -2.06. The number of unbranched alkanes of at least 4 members (excludes halogenated alkanes) is 5. The summed E-state index contributed by atoms with van der Waals surface area (Å²) in [6.45, 7) is 7.77. The molecular formula is C14H24O. The summed E-state index contributed by atoms with van der Waals surface area (Å²) in [4.78, 5) is 0. The summed E-state index contributed by atoms with van der Waals surface area (Å²) >= 11 is 0. The van der Waals surface area contributed by atoms with Gasteiger partial charge in [-0.25, -0.2) is 0 Å². The molecule has 86 valence electrons. The van der Waals surface area contributed by atoms with E-state index in [1.165, 1.54) is 25.7 Å². The molecule has 1 heteroatoms. The standard InChI is InChI=1S/C14H24O/c1-4-6-7-8-9-10-11-12-14(15)13(3)5-2/h5,13-15H,2,4,6-10H2,1,3H3/t13-,14-/m1/s1. The van der Waals surface area contributed by atoms with Gasteiger partial charge in [-0.3, -0.25) is 0 Å². The van der Waals surface area contributed by atoms with Gasteiger partial charge in [0, 0.05) is 12.3 Å². The Bertz CT molecular complexity index is 209. The maximum atomic E-state index is 9.51. The van der Waals surface area contributed by atoms with Crippen molar-refractivity contribution < 1.29 is 5.11 Å². The molecule has 0 rings (SSSR count). The molecule has 0 aliphatic heterocycles. The van der Waals surface area contributed by atoms with E-state index in [9.17, 15) is 5.11 Å². The summed E-state index contributed by atoms with van der Waals surface area (Å²) in [5.41, 5.74) is 0. The molecule has 0 spiro atoms. The molecule has 0 bridgehead atoms. The van der Waals surface area contributed by atoms with Crippen molar-refractivity contribution in [2.24, 2.45) is 5.92 Å². The van der Waals surface area contributed by atoms with Crippen molar-refractivity contribution >= 4 is 0 Å². The first kappa shape index (κ1) is 14.3. The van der Waals surface area contributed by atoms with Crippen LogP contribution in [0.1, 0.15) is 52.4 Å². The summed E-state index contributed by atoms with van der Waals surface area (Å²) in [6.07, 6.45) is 8.43. The molecule has 0 aliphatic rings. The second-order valence-corrected chi connectivity index (χ2v) is 4.02. The van der Waals surface area contributed by atoms with Crippen LogP contribution in [0.3, 0.4) is 0 Å². The molecule has 0 heterocycles. The SMILES string of the molecule is C=C[C@@H](C)[C@H](O)C#CCCCCCCC. The third-order valence-electron chi connectivity index (χ3n) is 2.53. The van der Waals surface area contributed by atoms with Crippen LogP contribution >= 0.6 is 0 Å². The van der Waals surface area contributed by atoms with Crippen molar-refractivity contribution in [2.45, 2.75) is 58.5 Å². The topological polar surface area (TPSA) is 20.2 Å². The number of hydrogen-bond donors (Lipinski definition) is 1. The van der Waals surface area contributed by atoms with Crippen LogP contribution < -0.4 is 0 Å². The first-order valence-electron chi connectivity index (χ1n) is 6.01. The van der Waals surface area contributed by atoms with E-state index in [4.69, 9.17) is 0 Å². The fourth-order valence-electron chi connectivity index (χ4n) is 1.25. The van der Waals surface area contributed by atoms with Gasteiger partial charge in [-0.2, -0.15) is 0 Å². The zero-order valence-corrected chi connectivity index (χ0v) is 10.1. The van der Waals surface area contributed by atoms with Gasteiger partial charge >= 0.3 is 0 Å². The van der Waals surface area contributed by atoms with E-state index < -0.39 is 6.10 Å². The van der Waals surface area contributed by atoms with E-state index in [1.54, 1.807) is 6.08 Å². The Hall–Kier alpha value is -0.740. The number of aliphatic hydroxyl groups excluding tert-OH is 1. The van der Waals surface area contributed by atoms with E-state index in [-0.39, 0.29) is 5.92 Å². The van der Waals surface area contributed by atoms with Crippen molar-refractivity contribution in [3.63, 3.8) is 0 Å². The molecule has 0 radical (unpaired) electrons. The first-order valence-corrected chi connectivity index (χ1v) is 6.01. The third kappa shape index (κ3) is 8.27. The van der Waals surface area contributed by atoms with Gasteiger partial charge in [-0.1, -0.05) is 51.5 Å². The Morgan fingerprint density at radius 1 is 1.27 bits per heavy atom. The fraction of sp³-hybridized carbons (Fsp3) is 0.714. The minimum atomic E-state index is -0.543. The van der Waals surface area contributed by atoms with Crippen LogP contribution in [0.4, 0.5) is 0 Å². The predicted molar refractivity (Wildman–Crippen MR) is 66.5 cm³/mol. The van der Waals surface area contributed by atoms with Crippen molar-refractivity contribution in [1.82, 2.24) is 0 Å². The van der Waals surface area contributed by atoms with Crippen molar-refractivity contribution in [3.8, 4) is 11.8 Å². The monoisotopic (exact) mass is 208 g/mol. The average Bonchev–Trinajstić information content (AvgIpc) is 2.26. The predicted octanol–water partition coefficient (Wildman–Crippen LogP) is 3.53. The maximum Gasteiger partial charge on any atom is 0.120 e. The van der Waals surface area contributed by atoms with E-state index >= 15 is 0 Å². The molecule has 0 saturated heterocycles. The maximum absolute atomic E-state index is 9.51. The van der Waals surface area contributed by atoms with Gasteiger partial charge < -0.3 is 5.11 Å². The van der Waals surface area contributed by atoms with Crippen LogP contribution in [0.2, 0.25) is 0 Å². The molecule has 0 aromatic carbocycles. The normalized spacial score (nSPS) is 13.8. The smallest absolute Gasteiger partial charge is 0.120 e. The molecule has 0 saturated carbocycles. The minimum Gasteiger partial charge on any atom is -0.380 e. The highest BCUT2D eigenvalue weighted by atomic mass is 16.3. The van der Waals surface area contributed by atoms with Gasteiger partial charge in [0.1, 0.15) is 6.10 Å². The fourth-order valence-corrected chi connectivity index (χ4v) is 1.25. The molecule has 0 amide bonds. The molecule has 0 aromatic rings. The van der Waals surface area contributed by atoms with Gasteiger partial charge in [0.05, 0.1) is 0 Å². The Labute approximate surface area is 94.6 Å². The summed E-state index contributed by atoms with van der Waals surface area (Å²) in [7, 11) is 0. The van der Waals surface area contributed by atoms with Crippen LogP contribution in [0.15, 0.2) is 12.7 Å². The second kappa shape index (κ2) is 9.80. The first-order chi connectivity index (χ1) is 7.22. The number of hydrogen-bond acceptors (Lipinski definition) is 1. The highest BCUT2D eigenvalue weighted by molar-refractivity contribution is 5.08. The molecule has 1 N–H and O–H groups in total. The van der Waals surface area contributed by atoms with E-state index in [0.717, 1.165) is 12.8 Å². The quantitative estimate of drug-likeness (QED) is 0.385. The molecule has 15 heavy (non-hydrogen) atoms. The minimum absolute atomic E-state index is 0.0672. The van der Waals surface area contributed by atoms with Crippen LogP contribution in [-0.2, 0) is 0 Å². The molecular weight excluding hydrogens is 184 g/mol. The molecule has 0 aliphatic carbocycles. The van der Waals surface area contributed by atoms with Crippen LogP contribution in [0.5, 0.6) is 0 Å². The largest absolute Gasteiger partial charge is 0.380 e. The summed E-state index contributed by atoms with van der Waals surface area (Å²) in [5, 5.41) is 9.51. The van der Waals surface area contributed by atoms with E-state index in [0.29, 0.717) is 0 Å². The Morgan fingerprint density at radius 3 is 2.53 bits per heavy atom. The Morgan fingerprint density at radius 2 is 1.93 bits per heavy atom. The highest BCUT2D eigenvalue weighted by Crippen LogP contribution is 2.05. The highest BCUT2D eigenvalue weighted by Gasteiger charge is 2.05. The molecule has 2 atom stereocenters. The molecule has 0 aromatic heterocycles. The Kier molecular flexibility index (Phi) is 9.32. The van der Waals surface area contributed by atoms with Gasteiger partial charge in [0.2, 0.25) is 0 Å². The lowest BCUT2D eigenvalue weighted by molar-refractivity contribution is 0.195. The lowest BCUT2D eigenvalue weighted by atomic mass is 10.1. The molecule has 0 unspecified atom stereocenters. The summed E-state index contributed by atoms with van der Waals surface area (Å²) < 4.78 is 0. The van der Waals surface area contributed by atoms with Crippen LogP contribution in [-0.4, -0.2) is 11.2 Å². The average molecular weight is 208 g/mol. The second-order valence-electron chi connectivity index (χ2n) is 4.02. The van der Waals surface area contributed by atoms with Crippen LogP contribution in [0, 0.1) is 17.8 Å². The van der Waals surface area contributed by atoms with Crippen molar-refractivity contribution in [2.75, 3.05) is 0 Å². The molecule has 1 nitrogen and oxygen atoms in total. The summed E-state index contributed by atoms with van der Waals surface area (Å²) in [5.74, 6) is 5.96. The van der Waals surface area contributed by atoms with Gasteiger partial charge in [0.15, 0.2) is 0 Å². The van der Waals surface area contributed by atoms with E-state index in [2.05, 4.69) is 25.3 Å². The zero-order chi connectivity index (χ0) is 11.5. The van der Waals surface area contributed by atoms with Gasteiger partial charge in [0.25, 0.3) is 0 Å². The van der Waals surface area contributed by atoms with Gasteiger partial charge in [-0.05, 0) is 6.42 Å². The van der Waals surface area contributed by atoms with Gasteiger partial charge in [-0.15, -0.1) is 12.5 Å². The number of aliphatic hydroxyl groups is 1. The zero-order valence-electron chi connectivity index (χ0n) is 10.1. The molecule has 0 fully saturated rings. The third-order valence-corrected chi connectivity index (χ3v) is 2.53. The number of rotatable bonds is 7.